The first kappa shape index (κ1) is 9.40. The van der Waals surface area contributed by atoms with E-state index in [1.54, 1.807) is 42.5 Å². The molecule has 0 atom stereocenters. The van der Waals surface area contributed by atoms with E-state index >= 15 is 0 Å². The Labute approximate surface area is 87.4 Å². The summed E-state index contributed by atoms with van der Waals surface area (Å²) in [4.78, 5) is 0. The second-order valence-electron chi connectivity index (χ2n) is 3.29. The quantitative estimate of drug-likeness (QED) is 0.620. The summed E-state index contributed by atoms with van der Waals surface area (Å²) < 4.78 is 0. The van der Waals surface area contributed by atoms with Gasteiger partial charge in [-0.1, -0.05) is 18.2 Å². The van der Waals surface area contributed by atoms with E-state index in [0.29, 0.717) is 11.3 Å². The van der Waals surface area contributed by atoms with Crippen LogP contribution in [0.15, 0.2) is 42.5 Å². The molecule has 0 aromatic heterocycles. The molecule has 0 aliphatic heterocycles. The van der Waals surface area contributed by atoms with Crippen LogP contribution in [0.5, 0.6) is 11.5 Å². The molecule has 0 saturated heterocycles. The van der Waals surface area contributed by atoms with E-state index < -0.39 is 0 Å². The van der Waals surface area contributed by atoms with Gasteiger partial charge in [0, 0.05) is 11.3 Å². The van der Waals surface area contributed by atoms with Crippen LogP contribution in [0.25, 0.3) is 11.1 Å². The Balaban J connectivity index is 2.58. The van der Waals surface area contributed by atoms with Crippen LogP contribution in [0.3, 0.4) is 0 Å². The fraction of sp³-hybridized carbons (Fsp3) is 0. The average Bonchev–Trinajstić information content (AvgIpc) is 2.20. The van der Waals surface area contributed by atoms with Crippen molar-refractivity contribution in [2.75, 3.05) is 5.73 Å². The summed E-state index contributed by atoms with van der Waals surface area (Å²) >= 11 is 0. The van der Waals surface area contributed by atoms with Crippen LogP contribution in [-0.2, 0) is 0 Å². The Morgan fingerprint density at radius 3 is 2.13 bits per heavy atom. The van der Waals surface area contributed by atoms with E-state index in [1.807, 2.05) is 0 Å². The molecule has 0 aliphatic rings. The molecule has 2 rings (SSSR count). The molecule has 3 nitrogen and oxygen atoms in total. The highest BCUT2D eigenvalue weighted by Gasteiger charge is 2.07. The zero-order valence-corrected chi connectivity index (χ0v) is 8.01. The largest absolute Gasteiger partial charge is 0.508 e. The van der Waals surface area contributed by atoms with Gasteiger partial charge in [0.1, 0.15) is 11.5 Å². The molecule has 2 aromatic carbocycles. The Morgan fingerprint density at radius 1 is 0.867 bits per heavy atom. The minimum absolute atomic E-state index is 0.140. The molecule has 3 heteroatoms. The van der Waals surface area contributed by atoms with Crippen LogP contribution in [0.2, 0.25) is 0 Å². The molecule has 15 heavy (non-hydrogen) atoms. The van der Waals surface area contributed by atoms with Gasteiger partial charge in [0.25, 0.3) is 0 Å². The van der Waals surface area contributed by atoms with Crippen LogP contribution < -0.4 is 5.73 Å². The number of benzene rings is 2. The van der Waals surface area contributed by atoms with E-state index in [9.17, 15) is 5.11 Å². The van der Waals surface area contributed by atoms with Crippen LogP contribution >= 0.6 is 0 Å². The molecule has 0 spiro atoms. The molecule has 0 heterocycles. The lowest BCUT2D eigenvalue weighted by Crippen LogP contribution is -1.89. The minimum atomic E-state index is 0.140. The molecule has 0 aliphatic carbocycles. The molecule has 0 amide bonds. The molecule has 0 radical (unpaired) electrons. The molecule has 0 bridgehead atoms. The van der Waals surface area contributed by atoms with Crippen molar-refractivity contribution in [2.24, 2.45) is 0 Å². The average molecular weight is 201 g/mol. The first-order valence-corrected chi connectivity index (χ1v) is 4.55. The summed E-state index contributed by atoms with van der Waals surface area (Å²) in [6.07, 6.45) is 0. The van der Waals surface area contributed by atoms with Gasteiger partial charge in [-0.25, -0.2) is 0 Å². The zero-order chi connectivity index (χ0) is 10.8. The number of rotatable bonds is 1. The van der Waals surface area contributed by atoms with E-state index in [1.165, 1.54) is 0 Å². The first-order valence-electron chi connectivity index (χ1n) is 4.55. The van der Waals surface area contributed by atoms with Crippen molar-refractivity contribution in [3.8, 4) is 22.6 Å². The van der Waals surface area contributed by atoms with Gasteiger partial charge in [0.15, 0.2) is 0 Å². The van der Waals surface area contributed by atoms with Crippen LogP contribution in [0.1, 0.15) is 0 Å². The molecule has 0 saturated carbocycles. The SMILES string of the molecule is Nc1cccc(O)c1-c1ccc(O)cc1. The van der Waals surface area contributed by atoms with Crippen molar-refractivity contribution in [1.82, 2.24) is 0 Å². The number of phenols is 2. The Bertz CT molecular complexity index is 457. The Hall–Kier alpha value is -2.16. The normalized spacial score (nSPS) is 10.1. The van der Waals surface area contributed by atoms with Gasteiger partial charge in [-0.15, -0.1) is 0 Å². The summed E-state index contributed by atoms with van der Waals surface area (Å²) in [5, 5.41) is 18.8. The third-order valence-corrected chi connectivity index (χ3v) is 2.23. The Kier molecular flexibility index (Phi) is 2.21. The standard InChI is InChI=1S/C12H11NO2/c13-10-2-1-3-11(15)12(10)8-4-6-9(14)7-5-8/h1-7,14-15H,13H2. The Morgan fingerprint density at radius 2 is 1.53 bits per heavy atom. The number of aromatic hydroxyl groups is 2. The van der Waals surface area contributed by atoms with Gasteiger partial charge in [-0.05, 0) is 29.8 Å². The van der Waals surface area contributed by atoms with E-state index in [-0.39, 0.29) is 11.5 Å². The number of anilines is 1. The van der Waals surface area contributed by atoms with Gasteiger partial charge < -0.3 is 15.9 Å². The lowest BCUT2D eigenvalue weighted by Gasteiger charge is -2.07. The number of hydrogen-bond acceptors (Lipinski definition) is 3. The molecule has 2 aromatic rings. The van der Waals surface area contributed by atoms with Crippen molar-refractivity contribution in [3.05, 3.63) is 42.5 Å². The smallest absolute Gasteiger partial charge is 0.125 e. The maximum atomic E-state index is 9.67. The van der Waals surface area contributed by atoms with Gasteiger partial charge in [-0.2, -0.15) is 0 Å². The van der Waals surface area contributed by atoms with Crippen LogP contribution in [0, 0.1) is 0 Å². The van der Waals surface area contributed by atoms with E-state index in [4.69, 9.17) is 10.8 Å². The van der Waals surface area contributed by atoms with Crippen molar-refractivity contribution in [3.63, 3.8) is 0 Å². The number of nitrogen functional groups attached to an aromatic ring is 1. The molecular weight excluding hydrogens is 190 g/mol. The van der Waals surface area contributed by atoms with Gasteiger partial charge >= 0.3 is 0 Å². The number of hydrogen-bond donors (Lipinski definition) is 3. The molecule has 4 N–H and O–H groups in total. The molecule has 0 unspecified atom stereocenters. The highest BCUT2D eigenvalue weighted by atomic mass is 16.3. The second-order valence-corrected chi connectivity index (χ2v) is 3.29. The summed E-state index contributed by atoms with van der Waals surface area (Å²) in [6.45, 7) is 0. The van der Waals surface area contributed by atoms with Crippen molar-refractivity contribution in [2.45, 2.75) is 0 Å². The topological polar surface area (TPSA) is 66.5 Å². The highest BCUT2D eigenvalue weighted by Crippen LogP contribution is 2.34. The third-order valence-electron chi connectivity index (χ3n) is 2.23. The zero-order valence-electron chi connectivity index (χ0n) is 8.01. The van der Waals surface area contributed by atoms with Gasteiger partial charge in [0.05, 0.1) is 0 Å². The summed E-state index contributed by atoms with van der Waals surface area (Å²) in [7, 11) is 0. The van der Waals surface area contributed by atoms with Crippen molar-refractivity contribution in [1.29, 1.82) is 0 Å². The predicted molar refractivity (Wildman–Crippen MR) is 59.6 cm³/mol. The van der Waals surface area contributed by atoms with Crippen LogP contribution in [0.4, 0.5) is 5.69 Å². The van der Waals surface area contributed by atoms with E-state index in [0.717, 1.165) is 5.56 Å². The van der Waals surface area contributed by atoms with Crippen molar-refractivity contribution < 1.29 is 10.2 Å². The minimum Gasteiger partial charge on any atom is -0.508 e. The molecule has 76 valence electrons. The summed E-state index contributed by atoms with van der Waals surface area (Å²) in [5.74, 6) is 0.327. The number of nitrogens with two attached hydrogens (primary N) is 1. The van der Waals surface area contributed by atoms with Crippen molar-refractivity contribution >= 4 is 5.69 Å². The second kappa shape index (κ2) is 3.53. The maximum absolute atomic E-state index is 9.67. The molecule has 0 fully saturated rings. The molecular formula is C12H11NO2. The van der Waals surface area contributed by atoms with Gasteiger partial charge in [0.2, 0.25) is 0 Å². The van der Waals surface area contributed by atoms with Crippen LogP contribution in [-0.4, -0.2) is 10.2 Å². The summed E-state index contributed by atoms with van der Waals surface area (Å²) in [5.41, 5.74) is 7.66. The monoisotopic (exact) mass is 201 g/mol. The fourth-order valence-corrected chi connectivity index (χ4v) is 1.50. The van der Waals surface area contributed by atoms with Gasteiger partial charge in [-0.3, -0.25) is 0 Å². The number of phenolic OH excluding ortho intramolecular Hbond substituents is 2. The highest BCUT2D eigenvalue weighted by molar-refractivity contribution is 5.81. The maximum Gasteiger partial charge on any atom is 0.125 e. The lowest BCUT2D eigenvalue weighted by atomic mass is 10.0. The predicted octanol–water partition coefficient (Wildman–Crippen LogP) is 2.35. The lowest BCUT2D eigenvalue weighted by molar-refractivity contribution is 0.474. The summed E-state index contributed by atoms with van der Waals surface area (Å²) in [6, 6.07) is 11.5. The van der Waals surface area contributed by atoms with E-state index in [2.05, 4.69) is 0 Å². The fourth-order valence-electron chi connectivity index (χ4n) is 1.50. The first-order chi connectivity index (χ1) is 7.18. The third kappa shape index (κ3) is 1.72.